The van der Waals surface area contributed by atoms with Crippen molar-refractivity contribution in [2.75, 3.05) is 0 Å². The molecule has 0 aliphatic heterocycles. The van der Waals surface area contributed by atoms with Gasteiger partial charge in [0.25, 0.3) is 0 Å². The maximum atomic E-state index is 10.7. The van der Waals surface area contributed by atoms with E-state index in [0.717, 1.165) is 30.6 Å². The molecule has 1 aromatic heterocycles. The summed E-state index contributed by atoms with van der Waals surface area (Å²) >= 11 is 0. The van der Waals surface area contributed by atoms with Crippen molar-refractivity contribution in [1.29, 1.82) is 0 Å². The second-order valence-electron chi connectivity index (χ2n) is 4.24. The summed E-state index contributed by atoms with van der Waals surface area (Å²) in [5.41, 5.74) is 1.37. The Kier molecular flexibility index (Phi) is 2.71. The van der Waals surface area contributed by atoms with Gasteiger partial charge in [0, 0.05) is 17.8 Å². The molecule has 0 aromatic carbocycles. The van der Waals surface area contributed by atoms with Crippen molar-refractivity contribution in [1.82, 2.24) is 4.98 Å². The SMILES string of the molecule is CC(C)c1cc(OC2CC2)cc(C=O)n1. The lowest BCUT2D eigenvalue weighted by molar-refractivity contribution is 0.111. The maximum Gasteiger partial charge on any atom is 0.168 e. The molecule has 15 heavy (non-hydrogen) atoms. The zero-order valence-corrected chi connectivity index (χ0v) is 9.06. The topological polar surface area (TPSA) is 39.2 Å². The molecule has 0 atom stereocenters. The molecule has 0 spiro atoms. The van der Waals surface area contributed by atoms with Crippen LogP contribution in [0.3, 0.4) is 0 Å². The first-order chi connectivity index (χ1) is 7.19. The second kappa shape index (κ2) is 4.01. The van der Waals surface area contributed by atoms with Crippen LogP contribution >= 0.6 is 0 Å². The van der Waals surface area contributed by atoms with Crippen LogP contribution in [0.15, 0.2) is 12.1 Å². The molecular weight excluding hydrogens is 190 g/mol. The Hall–Kier alpha value is -1.38. The van der Waals surface area contributed by atoms with Gasteiger partial charge in [-0.25, -0.2) is 4.98 Å². The summed E-state index contributed by atoms with van der Waals surface area (Å²) < 4.78 is 5.66. The summed E-state index contributed by atoms with van der Waals surface area (Å²) in [7, 11) is 0. The first-order valence-electron chi connectivity index (χ1n) is 5.33. The largest absolute Gasteiger partial charge is 0.490 e. The molecule has 0 N–H and O–H groups in total. The molecule has 3 heteroatoms. The molecule has 1 aromatic rings. The monoisotopic (exact) mass is 205 g/mol. The third kappa shape index (κ3) is 2.55. The van der Waals surface area contributed by atoms with Crippen molar-refractivity contribution in [3.63, 3.8) is 0 Å². The highest BCUT2D eigenvalue weighted by Gasteiger charge is 2.24. The number of aromatic nitrogens is 1. The van der Waals surface area contributed by atoms with Crippen LogP contribution in [-0.4, -0.2) is 17.4 Å². The fourth-order valence-corrected chi connectivity index (χ4v) is 1.35. The van der Waals surface area contributed by atoms with Crippen LogP contribution in [0.25, 0.3) is 0 Å². The average molecular weight is 205 g/mol. The number of carbonyl (C=O) groups excluding carboxylic acids is 1. The van der Waals surface area contributed by atoms with Gasteiger partial charge in [0.2, 0.25) is 0 Å². The third-order valence-corrected chi connectivity index (χ3v) is 2.38. The Morgan fingerprint density at radius 1 is 1.47 bits per heavy atom. The van der Waals surface area contributed by atoms with Crippen molar-refractivity contribution in [3.05, 3.63) is 23.5 Å². The first-order valence-corrected chi connectivity index (χ1v) is 5.33. The minimum absolute atomic E-state index is 0.312. The molecule has 0 bridgehead atoms. The lowest BCUT2D eigenvalue weighted by Gasteiger charge is -2.09. The summed E-state index contributed by atoms with van der Waals surface area (Å²) in [6.07, 6.45) is 3.36. The zero-order chi connectivity index (χ0) is 10.8. The van der Waals surface area contributed by atoms with Gasteiger partial charge in [-0.05, 0) is 18.8 Å². The summed E-state index contributed by atoms with van der Waals surface area (Å²) in [5.74, 6) is 1.09. The number of pyridine rings is 1. The van der Waals surface area contributed by atoms with Gasteiger partial charge >= 0.3 is 0 Å². The van der Waals surface area contributed by atoms with Crippen molar-refractivity contribution in [3.8, 4) is 5.75 Å². The number of hydrogen-bond donors (Lipinski definition) is 0. The van der Waals surface area contributed by atoms with Gasteiger partial charge in [0.05, 0.1) is 6.10 Å². The summed E-state index contributed by atoms with van der Waals surface area (Å²) in [4.78, 5) is 14.9. The van der Waals surface area contributed by atoms with E-state index in [4.69, 9.17) is 4.74 Å². The third-order valence-electron chi connectivity index (χ3n) is 2.38. The standard InChI is InChI=1S/C12H15NO2/c1-8(2)12-6-11(15-10-3-4-10)5-9(7-14)13-12/h5-8,10H,3-4H2,1-2H3. The highest BCUT2D eigenvalue weighted by Crippen LogP contribution is 2.28. The van der Waals surface area contributed by atoms with Crippen LogP contribution in [0.4, 0.5) is 0 Å². The molecule has 2 rings (SSSR count). The maximum absolute atomic E-state index is 10.7. The fourth-order valence-electron chi connectivity index (χ4n) is 1.35. The predicted molar refractivity (Wildman–Crippen MR) is 57.4 cm³/mol. The summed E-state index contributed by atoms with van der Waals surface area (Å²) in [6.45, 7) is 4.11. The van der Waals surface area contributed by atoms with E-state index in [1.807, 2.05) is 6.07 Å². The Morgan fingerprint density at radius 3 is 2.73 bits per heavy atom. The Morgan fingerprint density at radius 2 is 2.20 bits per heavy atom. The van der Waals surface area contributed by atoms with Crippen LogP contribution in [-0.2, 0) is 0 Å². The highest BCUT2D eigenvalue weighted by molar-refractivity contribution is 5.72. The molecule has 1 aliphatic carbocycles. The zero-order valence-electron chi connectivity index (χ0n) is 9.06. The van der Waals surface area contributed by atoms with Gasteiger partial charge in [-0.3, -0.25) is 4.79 Å². The molecule has 3 nitrogen and oxygen atoms in total. The van der Waals surface area contributed by atoms with E-state index in [2.05, 4.69) is 18.8 Å². The van der Waals surface area contributed by atoms with Gasteiger partial charge in [0.1, 0.15) is 11.4 Å². The van der Waals surface area contributed by atoms with Crippen molar-refractivity contribution in [2.24, 2.45) is 0 Å². The number of aldehydes is 1. The fraction of sp³-hybridized carbons (Fsp3) is 0.500. The predicted octanol–water partition coefficient (Wildman–Crippen LogP) is 2.56. The number of ether oxygens (including phenoxy) is 1. The van der Waals surface area contributed by atoms with E-state index in [1.54, 1.807) is 6.07 Å². The molecule has 1 heterocycles. The van der Waals surface area contributed by atoms with Crippen LogP contribution < -0.4 is 4.74 Å². The van der Waals surface area contributed by atoms with E-state index in [9.17, 15) is 4.79 Å². The lowest BCUT2D eigenvalue weighted by Crippen LogP contribution is -2.02. The van der Waals surface area contributed by atoms with Gasteiger partial charge in [-0.1, -0.05) is 13.8 Å². The molecule has 0 saturated heterocycles. The number of rotatable bonds is 4. The highest BCUT2D eigenvalue weighted by atomic mass is 16.5. The van der Waals surface area contributed by atoms with Crippen LogP contribution in [0.2, 0.25) is 0 Å². The minimum Gasteiger partial charge on any atom is -0.490 e. The number of nitrogens with zero attached hydrogens (tertiary/aromatic N) is 1. The molecule has 0 amide bonds. The quantitative estimate of drug-likeness (QED) is 0.709. The normalized spacial score (nSPS) is 15.4. The summed E-state index contributed by atoms with van der Waals surface area (Å²) in [6, 6.07) is 3.63. The van der Waals surface area contributed by atoms with Crippen molar-refractivity contribution < 1.29 is 9.53 Å². The molecule has 1 saturated carbocycles. The Bertz CT molecular complexity index is 370. The van der Waals surface area contributed by atoms with E-state index in [-0.39, 0.29) is 0 Å². The van der Waals surface area contributed by atoms with E-state index in [0.29, 0.717) is 17.7 Å². The smallest absolute Gasteiger partial charge is 0.168 e. The summed E-state index contributed by atoms with van der Waals surface area (Å²) in [5, 5.41) is 0. The molecule has 1 fully saturated rings. The number of hydrogen-bond acceptors (Lipinski definition) is 3. The molecular formula is C12H15NO2. The van der Waals surface area contributed by atoms with Gasteiger partial charge < -0.3 is 4.74 Å². The lowest BCUT2D eigenvalue weighted by atomic mass is 10.1. The molecule has 1 aliphatic rings. The van der Waals surface area contributed by atoms with Crippen molar-refractivity contribution >= 4 is 6.29 Å². The molecule has 0 radical (unpaired) electrons. The van der Waals surface area contributed by atoms with Crippen LogP contribution in [0.1, 0.15) is 48.8 Å². The molecule has 0 unspecified atom stereocenters. The van der Waals surface area contributed by atoms with Gasteiger partial charge in [-0.2, -0.15) is 0 Å². The Labute approximate surface area is 89.5 Å². The van der Waals surface area contributed by atoms with Crippen LogP contribution in [0, 0.1) is 0 Å². The Balaban J connectivity index is 2.27. The first kappa shape index (κ1) is 10.1. The van der Waals surface area contributed by atoms with Gasteiger partial charge in [-0.15, -0.1) is 0 Å². The minimum atomic E-state index is 0.312. The van der Waals surface area contributed by atoms with E-state index < -0.39 is 0 Å². The van der Waals surface area contributed by atoms with Gasteiger partial charge in [0.15, 0.2) is 6.29 Å². The average Bonchev–Trinajstić information content (AvgIpc) is 3.01. The van der Waals surface area contributed by atoms with E-state index >= 15 is 0 Å². The number of carbonyl (C=O) groups is 1. The van der Waals surface area contributed by atoms with Crippen molar-refractivity contribution in [2.45, 2.75) is 38.7 Å². The second-order valence-corrected chi connectivity index (χ2v) is 4.24. The van der Waals surface area contributed by atoms with E-state index in [1.165, 1.54) is 0 Å². The molecule has 80 valence electrons. The van der Waals surface area contributed by atoms with Crippen LogP contribution in [0.5, 0.6) is 5.75 Å².